The summed E-state index contributed by atoms with van der Waals surface area (Å²) in [5.41, 5.74) is 17.0. The third-order valence-electron chi connectivity index (χ3n) is 13.0. The van der Waals surface area contributed by atoms with Crippen molar-refractivity contribution in [3.63, 3.8) is 0 Å². The number of anilines is 2. The van der Waals surface area contributed by atoms with Crippen molar-refractivity contribution in [3.05, 3.63) is 248 Å². The molecular weight excluding hydrogens is 775 g/mol. The zero-order valence-corrected chi connectivity index (χ0v) is 35.3. The zero-order chi connectivity index (χ0) is 42.4. The van der Waals surface area contributed by atoms with Crippen LogP contribution in [-0.4, -0.2) is 0 Å². The Morgan fingerprint density at radius 1 is 0.375 bits per heavy atom. The highest BCUT2D eigenvalue weighted by molar-refractivity contribution is 6.09. The fourth-order valence-electron chi connectivity index (χ4n) is 9.90. The van der Waals surface area contributed by atoms with Crippen molar-refractivity contribution in [2.75, 3.05) is 4.90 Å². The van der Waals surface area contributed by atoms with Gasteiger partial charge in [0.15, 0.2) is 0 Å². The summed E-state index contributed by atoms with van der Waals surface area (Å²) in [6.45, 7) is 0. The van der Waals surface area contributed by atoms with Crippen molar-refractivity contribution in [2.45, 2.75) is 12.8 Å². The van der Waals surface area contributed by atoms with Crippen LogP contribution >= 0.6 is 0 Å². The first-order valence-electron chi connectivity index (χ1n) is 22.2. The molecule has 10 aromatic carbocycles. The van der Waals surface area contributed by atoms with Crippen molar-refractivity contribution in [1.29, 1.82) is 0 Å². The van der Waals surface area contributed by atoms with Crippen LogP contribution in [0.15, 0.2) is 247 Å². The molecule has 302 valence electrons. The molecule has 0 saturated carbocycles. The first-order chi connectivity index (χ1) is 31.7. The van der Waals surface area contributed by atoms with Gasteiger partial charge in [-0.1, -0.05) is 200 Å². The summed E-state index contributed by atoms with van der Waals surface area (Å²) in [7, 11) is 0. The predicted octanol–water partition coefficient (Wildman–Crippen LogP) is 17.5. The first-order valence-corrected chi connectivity index (χ1v) is 22.2. The van der Waals surface area contributed by atoms with Crippen LogP contribution in [0.5, 0.6) is 0 Å². The van der Waals surface area contributed by atoms with Crippen molar-refractivity contribution < 1.29 is 4.42 Å². The second-order valence-corrected chi connectivity index (χ2v) is 16.7. The van der Waals surface area contributed by atoms with Crippen molar-refractivity contribution >= 4 is 60.4 Å². The Morgan fingerprint density at radius 3 is 1.70 bits per heavy atom. The molecule has 1 heterocycles. The first kappa shape index (κ1) is 37.6. The number of hydrogen-bond donors (Lipinski definition) is 0. The number of furan rings is 1. The molecule has 0 spiro atoms. The molecule has 0 bridgehead atoms. The molecule has 0 atom stereocenters. The summed E-state index contributed by atoms with van der Waals surface area (Å²) in [4.78, 5) is 2.50. The molecule has 1 aromatic heterocycles. The van der Waals surface area contributed by atoms with Gasteiger partial charge in [0, 0.05) is 33.3 Å². The fourth-order valence-corrected chi connectivity index (χ4v) is 9.90. The van der Waals surface area contributed by atoms with Crippen LogP contribution in [-0.2, 0) is 0 Å². The zero-order valence-electron chi connectivity index (χ0n) is 35.3. The average molecular weight is 818 g/mol. The molecule has 1 aliphatic carbocycles. The third kappa shape index (κ3) is 6.60. The number of benzene rings is 10. The maximum Gasteiger partial charge on any atom is 0.142 e. The lowest BCUT2D eigenvalue weighted by Gasteiger charge is -2.33. The predicted molar refractivity (Wildman–Crippen MR) is 271 cm³/mol. The average Bonchev–Trinajstić information content (AvgIpc) is 3.76. The summed E-state index contributed by atoms with van der Waals surface area (Å²) in [6, 6.07) is 81.5. The molecule has 0 N–H and O–H groups in total. The Hall–Kier alpha value is -8.20. The van der Waals surface area contributed by atoms with Gasteiger partial charge in [-0.15, -0.1) is 0 Å². The van der Waals surface area contributed by atoms with Gasteiger partial charge in [-0.3, -0.25) is 0 Å². The standard InChI is InChI=1S/C62H43NO/c1-2-16-45(17-3-1)54-39-36-48(53-29-14-21-44-19-5-7-25-51(44)53)41-60(54)63(59-32-10-8-26-55(59)57-30-15-31-58-56-27-9-11-33-61(56)64-62(57)58)49-37-34-42(35-38-49)46-22-12-23-47(40-46)52-28-13-20-43-18-4-6-24-50(43)52/h1-7,9-25,27-41H,8,26H2. The van der Waals surface area contributed by atoms with Gasteiger partial charge in [0.1, 0.15) is 11.2 Å². The van der Waals surface area contributed by atoms with E-state index in [1.165, 1.54) is 60.5 Å². The van der Waals surface area contributed by atoms with Gasteiger partial charge in [-0.2, -0.15) is 0 Å². The summed E-state index contributed by atoms with van der Waals surface area (Å²) in [5.74, 6) is 0. The molecular formula is C62H43NO. The van der Waals surface area contributed by atoms with E-state index in [4.69, 9.17) is 4.42 Å². The molecule has 0 unspecified atom stereocenters. The topological polar surface area (TPSA) is 16.4 Å². The smallest absolute Gasteiger partial charge is 0.142 e. The summed E-state index contributed by atoms with van der Waals surface area (Å²) >= 11 is 0. The van der Waals surface area contributed by atoms with E-state index < -0.39 is 0 Å². The Morgan fingerprint density at radius 2 is 0.938 bits per heavy atom. The van der Waals surface area contributed by atoms with E-state index in [1.54, 1.807) is 0 Å². The number of nitrogens with zero attached hydrogens (tertiary/aromatic N) is 1. The van der Waals surface area contributed by atoms with E-state index in [-0.39, 0.29) is 0 Å². The highest BCUT2D eigenvalue weighted by Gasteiger charge is 2.26. The normalized spacial score (nSPS) is 12.8. The van der Waals surface area contributed by atoms with E-state index in [0.29, 0.717) is 0 Å². The van der Waals surface area contributed by atoms with Gasteiger partial charge >= 0.3 is 0 Å². The van der Waals surface area contributed by atoms with Crippen LogP contribution in [0.4, 0.5) is 11.4 Å². The lowest BCUT2D eigenvalue weighted by atomic mass is 9.90. The van der Waals surface area contributed by atoms with Crippen molar-refractivity contribution in [2.24, 2.45) is 0 Å². The van der Waals surface area contributed by atoms with Crippen molar-refractivity contribution in [1.82, 2.24) is 0 Å². The minimum absolute atomic E-state index is 0.876. The van der Waals surface area contributed by atoms with Crippen LogP contribution in [0.3, 0.4) is 0 Å². The number of para-hydroxylation sites is 2. The maximum absolute atomic E-state index is 6.74. The Bertz CT molecular complexity index is 3600. The Labute approximate surface area is 373 Å². The molecule has 0 saturated heterocycles. The number of allylic oxidation sites excluding steroid dienone is 3. The van der Waals surface area contributed by atoms with Gasteiger partial charge in [0.2, 0.25) is 0 Å². The quantitative estimate of drug-likeness (QED) is 0.152. The molecule has 1 aliphatic rings. The van der Waals surface area contributed by atoms with E-state index in [2.05, 4.69) is 242 Å². The van der Waals surface area contributed by atoms with Crippen LogP contribution < -0.4 is 4.90 Å². The van der Waals surface area contributed by atoms with Gasteiger partial charge in [0.25, 0.3) is 0 Å². The molecule has 2 heteroatoms. The van der Waals surface area contributed by atoms with E-state index in [0.717, 1.165) is 68.5 Å². The lowest BCUT2D eigenvalue weighted by Crippen LogP contribution is -2.19. The maximum atomic E-state index is 6.74. The minimum Gasteiger partial charge on any atom is -0.455 e. The molecule has 0 radical (unpaired) electrons. The number of rotatable bonds is 8. The van der Waals surface area contributed by atoms with Crippen LogP contribution in [0, 0.1) is 0 Å². The van der Waals surface area contributed by atoms with E-state index >= 15 is 0 Å². The van der Waals surface area contributed by atoms with Gasteiger partial charge < -0.3 is 9.32 Å². The second kappa shape index (κ2) is 15.9. The van der Waals surface area contributed by atoms with E-state index in [9.17, 15) is 0 Å². The lowest BCUT2D eigenvalue weighted by molar-refractivity contribution is 0.667. The summed E-state index contributed by atoms with van der Waals surface area (Å²) in [6.07, 6.45) is 6.48. The SMILES string of the molecule is C1=CC(N(c2ccc(-c3cccc(-c4cccc5ccccc45)c3)cc2)c2cc(-c3cccc4ccccc34)ccc2-c2ccccc2)=C(c2cccc3c2oc2ccccc23)CC1. The van der Waals surface area contributed by atoms with Gasteiger partial charge in [-0.25, -0.2) is 0 Å². The van der Waals surface area contributed by atoms with Crippen molar-refractivity contribution in [3.8, 4) is 44.5 Å². The minimum atomic E-state index is 0.876. The number of hydrogen-bond acceptors (Lipinski definition) is 2. The van der Waals surface area contributed by atoms with Crippen LogP contribution in [0.1, 0.15) is 18.4 Å². The van der Waals surface area contributed by atoms with Crippen LogP contribution in [0.25, 0.3) is 93.6 Å². The molecule has 11 aromatic rings. The molecule has 64 heavy (non-hydrogen) atoms. The van der Waals surface area contributed by atoms with E-state index in [1.807, 2.05) is 0 Å². The molecule has 0 fully saturated rings. The highest BCUT2D eigenvalue weighted by atomic mass is 16.3. The molecule has 0 aliphatic heterocycles. The van der Waals surface area contributed by atoms with Crippen LogP contribution in [0.2, 0.25) is 0 Å². The Balaban J connectivity index is 1.08. The molecule has 12 rings (SSSR count). The van der Waals surface area contributed by atoms with Gasteiger partial charge in [-0.05, 0) is 115 Å². The molecule has 0 amide bonds. The largest absolute Gasteiger partial charge is 0.455 e. The summed E-state index contributed by atoms with van der Waals surface area (Å²) < 4.78 is 6.74. The fraction of sp³-hybridized carbons (Fsp3) is 0.0323. The molecule has 2 nitrogen and oxygen atoms in total. The monoisotopic (exact) mass is 817 g/mol. The number of fused-ring (bicyclic) bond motifs is 5. The van der Waals surface area contributed by atoms with Gasteiger partial charge in [0.05, 0.1) is 5.69 Å². The third-order valence-corrected chi connectivity index (χ3v) is 13.0. The second-order valence-electron chi connectivity index (χ2n) is 16.7. The summed E-state index contributed by atoms with van der Waals surface area (Å²) in [5, 5.41) is 7.24. The highest BCUT2D eigenvalue weighted by Crippen LogP contribution is 2.47. The Kier molecular flexibility index (Phi) is 9.34.